The molecule has 0 fully saturated rings. The lowest BCUT2D eigenvalue weighted by Crippen LogP contribution is -2.38. The number of hydrogen-bond acceptors (Lipinski definition) is 5. The summed E-state index contributed by atoms with van der Waals surface area (Å²) in [6, 6.07) is 9.86. The molecule has 0 unspecified atom stereocenters. The summed E-state index contributed by atoms with van der Waals surface area (Å²) in [6.45, 7) is 0. The fraction of sp³-hybridized carbons (Fsp3) is 0. The van der Waals surface area contributed by atoms with Crippen LogP contribution in [0.5, 0.6) is 11.5 Å². The smallest absolute Gasteiger partial charge is 0.281 e. The van der Waals surface area contributed by atoms with E-state index < -0.39 is 11.8 Å². The minimum atomic E-state index is -0.759. The number of carbonyl (C=O) groups excluding carboxylic acids is 2. The van der Waals surface area contributed by atoms with Crippen molar-refractivity contribution in [2.45, 2.75) is 0 Å². The maximum absolute atomic E-state index is 12.2. The van der Waals surface area contributed by atoms with E-state index in [0.29, 0.717) is 5.02 Å². The normalized spacial score (nSPS) is 11.0. The molecule has 2 rings (SSSR count). The molecule has 0 aliphatic carbocycles. The summed E-state index contributed by atoms with van der Waals surface area (Å²) in [5.41, 5.74) is 2.22. The Morgan fingerprint density at radius 3 is 2.33 bits per heavy atom. The van der Waals surface area contributed by atoms with Gasteiger partial charge in [0.1, 0.15) is 17.2 Å². The Kier molecular flexibility index (Phi) is 5.41. The number of benzene rings is 2. The van der Waals surface area contributed by atoms with Crippen LogP contribution in [0.4, 0.5) is 0 Å². The van der Waals surface area contributed by atoms with Crippen LogP contribution in [0.1, 0.15) is 15.9 Å². The zero-order valence-electron chi connectivity index (χ0n) is 12.3. The number of hydrazine groups is 1. The average molecular weight is 348 g/mol. The van der Waals surface area contributed by atoms with Gasteiger partial charge in [-0.2, -0.15) is 0 Å². The Hall–Kier alpha value is -3.03. The molecule has 2 aromatic carbocycles. The topological polar surface area (TPSA) is 125 Å². The molecule has 2 aromatic rings. The Labute approximate surface area is 142 Å². The number of carbonyl (C=O) groups is 2. The van der Waals surface area contributed by atoms with E-state index in [2.05, 4.69) is 5.32 Å². The quantitative estimate of drug-likeness (QED) is 0.248. The second kappa shape index (κ2) is 7.49. The van der Waals surface area contributed by atoms with Gasteiger partial charge in [0.15, 0.2) is 0 Å². The molecular formula is C16H14ClN3O4. The molecule has 24 heavy (non-hydrogen) atoms. The fourth-order valence-electron chi connectivity index (χ4n) is 1.84. The van der Waals surface area contributed by atoms with Crippen LogP contribution in [0, 0.1) is 0 Å². The van der Waals surface area contributed by atoms with Gasteiger partial charge in [-0.15, -0.1) is 0 Å². The van der Waals surface area contributed by atoms with Crippen LogP contribution < -0.4 is 16.6 Å². The van der Waals surface area contributed by atoms with Crippen LogP contribution in [0.25, 0.3) is 6.08 Å². The van der Waals surface area contributed by atoms with Crippen molar-refractivity contribution in [1.29, 1.82) is 0 Å². The highest BCUT2D eigenvalue weighted by Gasteiger charge is 2.14. The molecule has 124 valence electrons. The molecule has 0 saturated carbocycles. The Morgan fingerprint density at radius 1 is 1.08 bits per heavy atom. The van der Waals surface area contributed by atoms with E-state index >= 15 is 0 Å². The molecule has 0 spiro atoms. The van der Waals surface area contributed by atoms with Gasteiger partial charge in [-0.05, 0) is 42.5 Å². The maximum atomic E-state index is 12.2. The third kappa shape index (κ3) is 4.25. The first-order chi connectivity index (χ1) is 11.4. The third-order valence-electron chi connectivity index (χ3n) is 3.04. The second-order valence-electron chi connectivity index (χ2n) is 4.74. The van der Waals surface area contributed by atoms with Gasteiger partial charge in [-0.1, -0.05) is 11.6 Å². The lowest BCUT2D eigenvalue weighted by atomic mass is 10.1. The summed E-state index contributed by atoms with van der Waals surface area (Å²) in [5.74, 6) is 3.39. The van der Waals surface area contributed by atoms with Crippen LogP contribution in [-0.2, 0) is 4.79 Å². The van der Waals surface area contributed by atoms with Gasteiger partial charge in [0, 0.05) is 22.2 Å². The highest BCUT2D eigenvalue weighted by Crippen LogP contribution is 2.24. The monoisotopic (exact) mass is 347 g/mol. The molecule has 7 nitrogen and oxygen atoms in total. The minimum absolute atomic E-state index is 0.139. The van der Waals surface area contributed by atoms with Crippen LogP contribution in [-0.4, -0.2) is 22.0 Å². The Bertz CT molecular complexity index is 803. The summed E-state index contributed by atoms with van der Waals surface area (Å²) >= 11 is 5.76. The first-order valence-corrected chi connectivity index (χ1v) is 7.10. The molecule has 6 N–H and O–H groups in total. The van der Waals surface area contributed by atoms with Crippen molar-refractivity contribution >= 4 is 29.5 Å². The van der Waals surface area contributed by atoms with E-state index in [1.165, 1.54) is 42.5 Å². The molecule has 0 heterocycles. The SMILES string of the molecule is NNC(=O)/C(=C\c1ccc(O)cc1O)NC(=O)c1ccc(Cl)cc1. The average Bonchev–Trinajstić information content (AvgIpc) is 2.56. The largest absolute Gasteiger partial charge is 0.508 e. The van der Waals surface area contributed by atoms with E-state index in [0.717, 1.165) is 6.07 Å². The second-order valence-corrected chi connectivity index (χ2v) is 5.17. The van der Waals surface area contributed by atoms with Gasteiger partial charge >= 0.3 is 0 Å². The van der Waals surface area contributed by atoms with Crippen molar-refractivity contribution in [3.8, 4) is 11.5 Å². The molecular weight excluding hydrogens is 334 g/mol. The number of nitrogens with two attached hydrogens (primary N) is 1. The number of rotatable bonds is 4. The van der Waals surface area contributed by atoms with E-state index in [4.69, 9.17) is 17.4 Å². The van der Waals surface area contributed by atoms with Gasteiger partial charge in [0.25, 0.3) is 11.8 Å². The van der Waals surface area contributed by atoms with Gasteiger partial charge in [0.2, 0.25) is 0 Å². The summed E-state index contributed by atoms with van der Waals surface area (Å²) in [5, 5.41) is 21.9. The van der Waals surface area contributed by atoms with Crippen molar-refractivity contribution < 1.29 is 19.8 Å². The minimum Gasteiger partial charge on any atom is -0.508 e. The lowest BCUT2D eigenvalue weighted by Gasteiger charge is -2.10. The number of amides is 2. The molecule has 0 saturated heterocycles. The summed E-state index contributed by atoms with van der Waals surface area (Å²) < 4.78 is 0. The number of halogens is 1. The molecule has 0 atom stereocenters. The van der Waals surface area contributed by atoms with Gasteiger partial charge in [0.05, 0.1) is 0 Å². The third-order valence-corrected chi connectivity index (χ3v) is 3.30. The van der Waals surface area contributed by atoms with Gasteiger partial charge in [-0.3, -0.25) is 15.0 Å². The van der Waals surface area contributed by atoms with E-state index in [1.54, 1.807) is 0 Å². The van der Waals surface area contributed by atoms with Crippen molar-refractivity contribution in [1.82, 2.24) is 10.7 Å². The number of nitrogens with one attached hydrogen (secondary N) is 2. The lowest BCUT2D eigenvalue weighted by molar-refractivity contribution is -0.117. The number of phenolic OH excluding ortho intramolecular Hbond substituents is 2. The van der Waals surface area contributed by atoms with Crippen LogP contribution in [0.15, 0.2) is 48.2 Å². The molecule has 0 aromatic heterocycles. The molecule has 0 aliphatic heterocycles. The maximum Gasteiger partial charge on any atom is 0.281 e. The van der Waals surface area contributed by atoms with Crippen molar-refractivity contribution in [2.75, 3.05) is 0 Å². The van der Waals surface area contributed by atoms with Crippen LogP contribution >= 0.6 is 11.6 Å². The number of phenols is 2. The zero-order valence-corrected chi connectivity index (χ0v) is 13.0. The molecule has 0 radical (unpaired) electrons. The number of aromatic hydroxyl groups is 2. The summed E-state index contributed by atoms with van der Waals surface area (Å²) in [4.78, 5) is 24.0. The van der Waals surface area contributed by atoms with E-state index in [-0.39, 0.29) is 28.3 Å². The highest BCUT2D eigenvalue weighted by molar-refractivity contribution is 6.30. The van der Waals surface area contributed by atoms with E-state index in [9.17, 15) is 19.8 Å². The predicted molar refractivity (Wildman–Crippen MR) is 89.0 cm³/mol. The van der Waals surface area contributed by atoms with E-state index in [1.807, 2.05) is 5.43 Å². The molecule has 2 amide bonds. The standard InChI is InChI=1S/C16H14ClN3O4/c17-11-4-1-9(2-5-11)15(23)19-13(16(24)20-18)7-10-3-6-12(21)8-14(10)22/h1-8,21-22H,18H2,(H,19,23)(H,20,24)/b13-7+. The Balaban J connectivity index is 2.31. The highest BCUT2D eigenvalue weighted by atomic mass is 35.5. The first kappa shape index (κ1) is 17.3. The molecule has 8 heteroatoms. The van der Waals surface area contributed by atoms with Gasteiger partial charge in [-0.25, -0.2) is 5.84 Å². The number of hydrogen-bond donors (Lipinski definition) is 5. The van der Waals surface area contributed by atoms with Crippen LogP contribution in [0.2, 0.25) is 5.02 Å². The summed E-state index contributed by atoms with van der Waals surface area (Å²) in [6.07, 6.45) is 1.23. The van der Waals surface area contributed by atoms with Crippen molar-refractivity contribution in [3.05, 3.63) is 64.3 Å². The predicted octanol–water partition coefficient (Wildman–Crippen LogP) is 1.51. The molecule has 0 aliphatic rings. The summed E-state index contributed by atoms with van der Waals surface area (Å²) in [7, 11) is 0. The van der Waals surface area contributed by atoms with Gasteiger partial charge < -0.3 is 15.5 Å². The zero-order chi connectivity index (χ0) is 17.7. The van der Waals surface area contributed by atoms with Crippen molar-refractivity contribution in [3.63, 3.8) is 0 Å². The Morgan fingerprint density at radius 2 is 1.75 bits per heavy atom. The fourth-order valence-corrected chi connectivity index (χ4v) is 1.97. The van der Waals surface area contributed by atoms with Crippen molar-refractivity contribution in [2.24, 2.45) is 5.84 Å². The van der Waals surface area contributed by atoms with Crippen LogP contribution in [0.3, 0.4) is 0 Å². The molecule has 0 bridgehead atoms. The first-order valence-electron chi connectivity index (χ1n) is 6.72.